The second kappa shape index (κ2) is 8.01. The van der Waals surface area contributed by atoms with Crippen molar-refractivity contribution in [2.24, 2.45) is 0 Å². The lowest BCUT2D eigenvalue weighted by molar-refractivity contribution is 0.326. The fourth-order valence-electron chi connectivity index (χ4n) is 4.02. The van der Waals surface area contributed by atoms with Gasteiger partial charge in [-0.25, -0.2) is 4.98 Å². The minimum Gasteiger partial charge on any atom is -0.362 e. The maximum absolute atomic E-state index is 4.87. The van der Waals surface area contributed by atoms with Gasteiger partial charge in [-0.15, -0.1) is 0 Å². The summed E-state index contributed by atoms with van der Waals surface area (Å²) < 4.78 is 0. The topological polar surface area (TPSA) is 69.7 Å². The van der Waals surface area contributed by atoms with Gasteiger partial charge in [0.1, 0.15) is 0 Å². The smallest absolute Gasteiger partial charge is 0.157 e. The fraction of sp³-hybridized carbons (Fsp3) is 0.261. The Morgan fingerprint density at radius 1 is 1.03 bits per heavy atom. The second-order valence-corrected chi connectivity index (χ2v) is 7.59. The Bertz CT molecular complexity index is 1080. The van der Waals surface area contributed by atoms with Crippen LogP contribution in [0.1, 0.15) is 29.3 Å². The normalized spacial score (nSPS) is 17.0. The molecule has 0 amide bonds. The lowest BCUT2D eigenvalue weighted by Crippen LogP contribution is -2.19. The summed E-state index contributed by atoms with van der Waals surface area (Å²) in [6.07, 6.45) is 2.94. The molecular formula is C23H24N6. The van der Waals surface area contributed by atoms with E-state index in [1.54, 1.807) is 6.20 Å². The zero-order chi connectivity index (χ0) is 19.5. The molecule has 5 rings (SSSR count). The van der Waals surface area contributed by atoms with E-state index in [0.717, 1.165) is 54.3 Å². The molecule has 6 heteroatoms. The second-order valence-electron chi connectivity index (χ2n) is 7.59. The Morgan fingerprint density at radius 3 is 2.79 bits per heavy atom. The van der Waals surface area contributed by atoms with Crippen LogP contribution in [-0.2, 0) is 13.1 Å². The van der Waals surface area contributed by atoms with Crippen molar-refractivity contribution < 1.29 is 0 Å². The zero-order valence-corrected chi connectivity index (χ0v) is 16.3. The monoisotopic (exact) mass is 384 g/mol. The molecule has 4 heterocycles. The predicted molar refractivity (Wildman–Crippen MR) is 115 cm³/mol. The summed E-state index contributed by atoms with van der Waals surface area (Å²) >= 11 is 0. The minimum atomic E-state index is 0.469. The number of benzene rings is 1. The maximum Gasteiger partial charge on any atom is 0.157 e. The van der Waals surface area contributed by atoms with Crippen molar-refractivity contribution in [3.63, 3.8) is 0 Å². The lowest BCUT2D eigenvalue weighted by atomic mass is 10.0. The number of hydrogen-bond acceptors (Lipinski definition) is 5. The van der Waals surface area contributed by atoms with Gasteiger partial charge < -0.3 is 5.32 Å². The summed E-state index contributed by atoms with van der Waals surface area (Å²) in [6.45, 7) is 3.80. The van der Waals surface area contributed by atoms with Crippen LogP contribution in [0.2, 0.25) is 0 Å². The van der Waals surface area contributed by atoms with E-state index in [0.29, 0.717) is 12.5 Å². The van der Waals surface area contributed by atoms with E-state index in [1.165, 1.54) is 5.56 Å². The predicted octanol–water partition coefficient (Wildman–Crippen LogP) is 3.95. The molecule has 1 aliphatic heterocycles. The van der Waals surface area contributed by atoms with Crippen molar-refractivity contribution in [1.29, 1.82) is 0 Å². The quantitative estimate of drug-likeness (QED) is 0.527. The molecular weight excluding hydrogens is 360 g/mol. The Balaban J connectivity index is 1.26. The molecule has 29 heavy (non-hydrogen) atoms. The highest BCUT2D eigenvalue weighted by atomic mass is 15.2. The third-order valence-corrected chi connectivity index (χ3v) is 5.55. The summed E-state index contributed by atoms with van der Waals surface area (Å²) in [5, 5.41) is 11.9. The summed E-state index contributed by atoms with van der Waals surface area (Å²) in [6, 6.07) is 20.9. The van der Waals surface area contributed by atoms with Crippen molar-refractivity contribution in [3.05, 3.63) is 83.8 Å². The molecule has 146 valence electrons. The number of aromatic nitrogens is 4. The summed E-state index contributed by atoms with van der Waals surface area (Å²) in [7, 11) is 0. The molecule has 1 aromatic carbocycles. The Labute approximate surface area is 170 Å². The van der Waals surface area contributed by atoms with Crippen LogP contribution in [0.4, 0.5) is 5.82 Å². The van der Waals surface area contributed by atoms with Crippen LogP contribution >= 0.6 is 0 Å². The van der Waals surface area contributed by atoms with Crippen LogP contribution in [0.25, 0.3) is 11.0 Å². The minimum absolute atomic E-state index is 0.469. The first-order valence-electron chi connectivity index (χ1n) is 10.1. The number of anilines is 1. The number of nitrogens with one attached hydrogen (secondary N) is 2. The van der Waals surface area contributed by atoms with Gasteiger partial charge in [-0.2, -0.15) is 5.10 Å². The molecule has 1 saturated heterocycles. The van der Waals surface area contributed by atoms with Gasteiger partial charge in [-0.05, 0) is 42.8 Å². The molecule has 0 radical (unpaired) electrons. The average molecular weight is 384 g/mol. The molecule has 4 aromatic rings. The van der Waals surface area contributed by atoms with Crippen LogP contribution in [0, 0.1) is 0 Å². The number of rotatable bonds is 6. The number of likely N-dealkylation sites (tertiary alicyclic amines) is 1. The van der Waals surface area contributed by atoms with Crippen LogP contribution in [0.5, 0.6) is 0 Å². The van der Waals surface area contributed by atoms with Gasteiger partial charge in [-0.3, -0.25) is 15.0 Å². The summed E-state index contributed by atoms with van der Waals surface area (Å²) in [4.78, 5) is 11.7. The van der Waals surface area contributed by atoms with Crippen LogP contribution in [0.15, 0.2) is 66.9 Å². The van der Waals surface area contributed by atoms with Crippen molar-refractivity contribution in [1.82, 2.24) is 25.1 Å². The number of nitrogens with zero attached hydrogens (tertiary/aromatic N) is 4. The van der Waals surface area contributed by atoms with Crippen molar-refractivity contribution >= 4 is 16.9 Å². The lowest BCUT2D eigenvalue weighted by Gasteiger charge is -2.16. The third kappa shape index (κ3) is 3.98. The van der Waals surface area contributed by atoms with Crippen LogP contribution in [0.3, 0.4) is 0 Å². The van der Waals surface area contributed by atoms with Crippen molar-refractivity contribution in [2.75, 3.05) is 18.4 Å². The highest BCUT2D eigenvalue weighted by Gasteiger charge is 2.25. The largest absolute Gasteiger partial charge is 0.362 e. The summed E-state index contributed by atoms with van der Waals surface area (Å²) in [5.74, 6) is 1.29. The van der Waals surface area contributed by atoms with Crippen molar-refractivity contribution in [2.45, 2.75) is 25.4 Å². The van der Waals surface area contributed by atoms with Crippen LogP contribution < -0.4 is 5.32 Å². The van der Waals surface area contributed by atoms with Crippen molar-refractivity contribution in [3.8, 4) is 0 Å². The molecule has 0 aliphatic carbocycles. The molecule has 0 saturated carbocycles. The SMILES string of the molecule is c1ccc(CN2CC[C@@H](c3ccc4c(NCc5ccccn5)n[nH]c4n3)C2)cc1. The molecule has 0 unspecified atom stereocenters. The standard InChI is InChI=1S/C23H24N6/c1-2-6-17(7-3-1)15-29-13-11-18(16-29)21-10-9-20-22(27-28-23(20)26-21)25-14-19-8-4-5-12-24-19/h1-10,12,18H,11,13-16H2,(H2,25,26,27,28)/t18-/m1/s1. The van der Waals surface area contributed by atoms with Gasteiger partial charge in [0.15, 0.2) is 11.5 Å². The van der Waals surface area contributed by atoms with E-state index < -0.39 is 0 Å². The number of H-pyrrole nitrogens is 1. The molecule has 1 atom stereocenters. The number of aromatic amines is 1. The highest BCUT2D eigenvalue weighted by molar-refractivity contribution is 5.87. The molecule has 0 spiro atoms. The van der Waals surface area contributed by atoms with Crippen LogP contribution in [-0.4, -0.2) is 38.2 Å². The Morgan fingerprint density at radius 2 is 1.93 bits per heavy atom. The van der Waals surface area contributed by atoms with E-state index >= 15 is 0 Å². The third-order valence-electron chi connectivity index (χ3n) is 5.55. The number of pyridine rings is 2. The average Bonchev–Trinajstić information content (AvgIpc) is 3.40. The highest BCUT2D eigenvalue weighted by Crippen LogP contribution is 2.29. The first-order valence-corrected chi connectivity index (χ1v) is 10.1. The van der Waals surface area contributed by atoms with Gasteiger partial charge in [0.2, 0.25) is 0 Å². The van der Waals surface area contributed by atoms with Gasteiger partial charge in [-0.1, -0.05) is 36.4 Å². The molecule has 1 aliphatic rings. The maximum atomic E-state index is 4.87. The van der Waals surface area contributed by atoms with Gasteiger partial charge in [0.05, 0.1) is 17.6 Å². The van der Waals surface area contributed by atoms with E-state index in [1.807, 2.05) is 18.2 Å². The fourth-order valence-corrected chi connectivity index (χ4v) is 4.02. The first-order chi connectivity index (χ1) is 14.3. The summed E-state index contributed by atoms with van der Waals surface area (Å²) in [5.41, 5.74) is 4.34. The van der Waals surface area contributed by atoms with E-state index in [9.17, 15) is 0 Å². The van der Waals surface area contributed by atoms with Gasteiger partial charge >= 0.3 is 0 Å². The molecule has 6 nitrogen and oxygen atoms in total. The van der Waals surface area contributed by atoms with E-state index in [-0.39, 0.29) is 0 Å². The van der Waals surface area contributed by atoms with E-state index in [4.69, 9.17) is 4.98 Å². The Kier molecular flexibility index (Phi) is 4.92. The number of hydrogen-bond donors (Lipinski definition) is 2. The Hall–Kier alpha value is -3.25. The zero-order valence-electron chi connectivity index (χ0n) is 16.3. The van der Waals surface area contributed by atoms with Gasteiger partial charge in [0.25, 0.3) is 0 Å². The molecule has 2 N–H and O–H groups in total. The van der Waals surface area contributed by atoms with Gasteiger partial charge in [0, 0.05) is 30.9 Å². The number of fused-ring (bicyclic) bond motifs is 1. The molecule has 1 fully saturated rings. The molecule has 3 aromatic heterocycles. The molecule has 0 bridgehead atoms. The first kappa shape index (κ1) is 17.8. The van der Waals surface area contributed by atoms with E-state index in [2.05, 4.69) is 67.9 Å².